The van der Waals surface area contributed by atoms with Crippen molar-refractivity contribution in [1.29, 1.82) is 0 Å². The molecule has 2 N–H and O–H groups in total. The number of rotatable bonds is 0. The Kier molecular flexibility index (Phi) is 6.45. The number of carbonyl (C=O) groups is 1. The normalized spacial score (nSPS) is 38.8. The molecule has 2 aliphatic carbocycles. The molecule has 0 aromatic heterocycles. The molecular weight excluding hydrogens is 312 g/mol. The van der Waals surface area contributed by atoms with Crippen LogP contribution in [-0.2, 0) is 4.79 Å². The average Bonchev–Trinajstić information content (AvgIpc) is 2.79. The van der Waals surface area contributed by atoms with Crippen LogP contribution in [0.25, 0.3) is 0 Å². The van der Waals surface area contributed by atoms with Crippen molar-refractivity contribution in [1.82, 2.24) is 0 Å². The Morgan fingerprint density at radius 2 is 1.76 bits per heavy atom. The molecule has 0 spiro atoms. The number of hydrogen-bond donors (Lipinski definition) is 2. The molecule has 3 nitrogen and oxygen atoms in total. The molecule has 0 aliphatic heterocycles. The van der Waals surface area contributed by atoms with Crippen LogP contribution in [0, 0.1) is 11.3 Å². The summed E-state index contributed by atoms with van der Waals surface area (Å²) in [4.78, 5) is 12.5. The highest BCUT2D eigenvalue weighted by atomic mass is 16.3. The first kappa shape index (κ1) is 19.7. The average molecular weight is 344 g/mol. The Morgan fingerprint density at radius 3 is 2.48 bits per heavy atom. The predicted octanol–water partition coefficient (Wildman–Crippen LogP) is 5.19. The number of carbonyl (C=O) groups excluding carboxylic acids is 1. The number of aliphatic hydroxyl groups excluding tert-OH is 2. The van der Waals surface area contributed by atoms with E-state index in [1.165, 1.54) is 11.1 Å². The maximum absolute atomic E-state index is 12.5. The van der Waals surface area contributed by atoms with Crippen LogP contribution in [0.1, 0.15) is 66.2 Å². The topological polar surface area (TPSA) is 57.5 Å². The fraction of sp³-hybridized carbons (Fsp3) is 0.591. The first-order chi connectivity index (χ1) is 11.7. The van der Waals surface area contributed by atoms with E-state index >= 15 is 0 Å². The summed E-state index contributed by atoms with van der Waals surface area (Å²) in [5, 5.41) is 20.4. The van der Waals surface area contributed by atoms with Gasteiger partial charge in [0.15, 0.2) is 5.76 Å². The molecule has 3 heteroatoms. The smallest absolute Gasteiger partial charge is 0.203 e. The standard InChI is InChI=1S/C22H32O3/c1-15-6-5-7-16(2)12-13-22(4)18(14-20(24)21(22)25)10-9-17(3)19(23)11-8-15/h6,9,12,14,18-19,23-24H,5,7-8,10-11,13H2,1-4H3/b15-6-,16-12+,17-9+/t18-,19+,22+/m1/s1. The molecule has 0 amide bonds. The Labute approximate surface area is 151 Å². The van der Waals surface area contributed by atoms with Crippen molar-refractivity contribution in [3.05, 3.63) is 46.8 Å². The molecule has 2 aliphatic rings. The Balaban J connectivity index is 2.30. The van der Waals surface area contributed by atoms with Crippen LogP contribution in [-0.4, -0.2) is 22.1 Å². The van der Waals surface area contributed by atoms with Crippen LogP contribution in [0.2, 0.25) is 0 Å². The van der Waals surface area contributed by atoms with E-state index in [2.05, 4.69) is 26.0 Å². The summed E-state index contributed by atoms with van der Waals surface area (Å²) in [5.41, 5.74) is 2.95. The minimum atomic E-state index is -0.598. The van der Waals surface area contributed by atoms with Crippen LogP contribution < -0.4 is 0 Å². The van der Waals surface area contributed by atoms with Gasteiger partial charge in [0.2, 0.25) is 5.78 Å². The second kappa shape index (κ2) is 8.18. The molecule has 0 radical (unpaired) electrons. The van der Waals surface area contributed by atoms with Crippen molar-refractivity contribution in [3.8, 4) is 0 Å². The maximum atomic E-state index is 12.5. The lowest BCUT2D eigenvalue weighted by Gasteiger charge is -2.28. The summed E-state index contributed by atoms with van der Waals surface area (Å²) in [7, 11) is 0. The highest BCUT2D eigenvalue weighted by molar-refractivity contribution is 6.00. The second-order valence-corrected chi connectivity index (χ2v) is 7.99. The third-order valence-electron chi connectivity index (χ3n) is 5.87. The molecule has 0 heterocycles. The van der Waals surface area contributed by atoms with Crippen LogP contribution in [0.15, 0.2) is 46.8 Å². The van der Waals surface area contributed by atoms with Gasteiger partial charge >= 0.3 is 0 Å². The van der Waals surface area contributed by atoms with Gasteiger partial charge in [-0.3, -0.25) is 4.79 Å². The van der Waals surface area contributed by atoms with Gasteiger partial charge in [-0.1, -0.05) is 36.3 Å². The van der Waals surface area contributed by atoms with Crippen molar-refractivity contribution in [2.45, 2.75) is 72.3 Å². The van der Waals surface area contributed by atoms with E-state index in [0.717, 1.165) is 31.3 Å². The summed E-state index contributed by atoms with van der Waals surface area (Å²) in [5.74, 6) is -0.297. The number of ketones is 1. The molecular formula is C22H32O3. The summed E-state index contributed by atoms with van der Waals surface area (Å²) in [6, 6.07) is 0. The van der Waals surface area contributed by atoms with E-state index in [4.69, 9.17) is 0 Å². The minimum Gasteiger partial charge on any atom is -0.505 e. The largest absolute Gasteiger partial charge is 0.505 e. The minimum absolute atomic E-state index is 0.0313. The number of hydrogen-bond acceptors (Lipinski definition) is 3. The maximum Gasteiger partial charge on any atom is 0.203 e. The Morgan fingerprint density at radius 1 is 1.08 bits per heavy atom. The molecule has 138 valence electrons. The quantitative estimate of drug-likeness (QED) is 0.595. The van der Waals surface area contributed by atoms with Gasteiger partial charge < -0.3 is 10.2 Å². The van der Waals surface area contributed by atoms with Gasteiger partial charge in [-0.05, 0) is 76.9 Å². The van der Waals surface area contributed by atoms with Crippen LogP contribution in [0.4, 0.5) is 0 Å². The third-order valence-corrected chi connectivity index (χ3v) is 5.87. The van der Waals surface area contributed by atoms with Gasteiger partial charge in [0.05, 0.1) is 6.10 Å². The lowest BCUT2D eigenvalue weighted by Crippen LogP contribution is -2.30. The van der Waals surface area contributed by atoms with Crippen LogP contribution in [0.3, 0.4) is 0 Å². The van der Waals surface area contributed by atoms with Crippen molar-refractivity contribution >= 4 is 5.78 Å². The molecule has 0 saturated carbocycles. The molecule has 0 aromatic rings. The molecule has 0 aromatic carbocycles. The number of Topliss-reactive ketones (excluding diaryl/α,β-unsaturated/α-hetero) is 1. The van der Waals surface area contributed by atoms with E-state index in [-0.39, 0.29) is 17.5 Å². The van der Waals surface area contributed by atoms with E-state index in [0.29, 0.717) is 12.8 Å². The fourth-order valence-electron chi connectivity index (χ4n) is 3.66. The molecule has 3 atom stereocenters. The molecule has 0 bridgehead atoms. The Bertz CT molecular complexity index is 636. The monoisotopic (exact) mass is 344 g/mol. The van der Waals surface area contributed by atoms with Gasteiger partial charge in [-0.2, -0.15) is 0 Å². The van der Waals surface area contributed by atoms with Gasteiger partial charge in [-0.25, -0.2) is 0 Å². The van der Waals surface area contributed by atoms with E-state index in [9.17, 15) is 15.0 Å². The summed E-state index contributed by atoms with van der Waals surface area (Å²) in [6.45, 7) is 8.13. The second-order valence-electron chi connectivity index (χ2n) is 7.99. The number of fused-ring (bicyclic) bond motifs is 1. The number of aliphatic hydroxyl groups is 2. The highest BCUT2D eigenvalue weighted by Crippen LogP contribution is 2.44. The Hall–Kier alpha value is -1.61. The zero-order valence-corrected chi connectivity index (χ0v) is 16.0. The zero-order valence-electron chi connectivity index (χ0n) is 16.0. The first-order valence-corrected chi connectivity index (χ1v) is 9.35. The van der Waals surface area contributed by atoms with Gasteiger partial charge in [0.25, 0.3) is 0 Å². The number of allylic oxidation sites excluding steroid dienone is 7. The van der Waals surface area contributed by atoms with E-state index in [1.54, 1.807) is 6.08 Å². The summed E-state index contributed by atoms with van der Waals surface area (Å²) < 4.78 is 0. The fourth-order valence-corrected chi connectivity index (χ4v) is 3.66. The van der Waals surface area contributed by atoms with Gasteiger partial charge in [0, 0.05) is 5.41 Å². The summed E-state index contributed by atoms with van der Waals surface area (Å²) >= 11 is 0. The highest BCUT2D eigenvalue weighted by Gasteiger charge is 2.45. The van der Waals surface area contributed by atoms with Crippen molar-refractivity contribution in [2.24, 2.45) is 11.3 Å². The van der Waals surface area contributed by atoms with Crippen LogP contribution in [0.5, 0.6) is 0 Å². The molecule has 0 saturated heterocycles. The first-order valence-electron chi connectivity index (χ1n) is 9.35. The van der Waals surface area contributed by atoms with Gasteiger partial charge in [0.1, 0.15) is 0 Å². The van der Waals surface area contributed by atoms with Gasteiger partial charge in [-0.15, -0.1) is 0 Å². The third kappa shape index (κ3) is 4.72. The lowest BCUT2D eigenvalue weighted by molar-refractivity contribution is -0.126. The van der Waals surface area contributed by atoms with Crippen molar-refractivity contribution in [3.63, 3.8) is 0 Å². The van der Waals surface area contributed by atoms with E-state index < -0.39 is 11.5 Å². The molecule has 0 unspecified atom stereocenters. The lowest BCUT2D eigenvalue weighted by atomic mass is 9.73. The van der Waals surface area contributed by atoms with Crippen molar-refractivity contribution in [2.75, 3.05) is 0 Å². The van der Waals surface area contributed by atoms with Crippen molar-refractivity contribution < 1.29 is 15.0 Å². The SMILES string of the molecule is C/C1=C/CC/C(C)=C/C[C@]2(C)C(=O)C(O)=C[C@H]2C/C=C(\C)[C@@H](O)CC1. The zero-order chi connectivity index (χ0) is 18.6. The van der Waals surface area contributed by atoms with Crippen LogP contribution >= 0.6 is 0 Å². The molecule has 25 heavy (non-hydrogen) atoms. The predicted molar refractivity (Wildman–Crippen MR) is 102 cm³/mol. The molecule has 2 rings (SSSR count). The van der Waals surface area contributed by atoms with E-state index in [1.807, 2.05) is 19.9 Å². The molecule has 0 fully saturated rings. The summed E-state index contributed by atoms with van der Waals surface area (Å²) in [6.07, 6.45) is 12.6.